The van der Waals surface area contributed by atoms with Crippen molar-refractivity contribution in [1.82, 2.24) is 0 Å². The number of benzene rings is 1. The molecule has 1 aromatic carbocycles. The number of rotatable bonds is 7. The van der Waals surface area contributed by atoms with Crippen LogP contribution in [-0.4, -0.2) is 25.7 Å². The van der Waals surface area contributed by atoms with Crippen molar-refractivity contribution in [3.8, 4) is 5.75 Å². The third kappa shape index (κ3) is 5.01. The van der Waals surface area contributed by atoms with Gasteiger partial charge in [-0.25, -0.2) is 4.39 Å². The van der Waals surface area contributed by atoms with Crippen LogP contribution in [0, 0.1) is 11.2 Å². The van der Waals surface area contributed by atoms with Crippen LogP contribution in [-0.2, 0) is 16.0 Å². The molecule has 4 nitrogen and oxygen atoms in total. The van der Waals surface area contributed by atoms with E-state index >= 15 is 0 Å². The molecule has 0 aliphatic rings. The Balaban J connectivity index is 2.71. The van der Waals surface area contributed by atoms with E-state index in [0.717, 1.165) is 12.0 Å². The van der Waals surface area contributed by atoms with Gasteiger partial charge in [-0.05, 0) is 44.4 Å². The smallest absolute Gasteiger partial charge is 0.314 e. The largest absolute Gasteiger partial charge is 0.489 e. The van der Waals surface area contributed by atoms with Gasteiger partial charge < -0.3 is 15.2 Å². The number of carbonyl (C=O) groups is 1. The first-order valence-electron chi connectivity index (χ1n) is 7.05. The SMILES string of the molecule is CCC(N)Cc1ccc(OCC(C)(C)C(=O)OC)c(F)c1. The van der Waals surface area contributed by atoms with Crippen molar-refractivity contribution in [3.05, 3.63) is 29.6 Å². The maximum Gasteiger partial charge on any atom is 0.314 e. The molecule has 0 aliphatic heterocycles. The average Bonchev–Trinajstić information content (AvgIpc) is 2.45. The fraction of sp³-hybridized carbons (Fsp3) is 0.562. The van der Waals surface area contributed by atoms with E-state index in [4.69, 9.17) is 10.5 Å². The zero-order chi connectivity index (χ0) is 16.0. The van der Waals surface area contributed by atoms with Gasteiger partial charge in [0.25, 0.3) is 0 Å². The van der Waals surface area contributed by atoms with Crippen LogP contribution in [0.2, 0.25) is 0 Å². The minimum Gasteiger partial charge on any atom is -0.489 e. The molecule has 5 heteroatoms. The zero-order valence-corrected chi connectivity index (χ0v) is 13.1. The van der Waals surface area contributed by atoms with Gasteiger partial charge in [0.05, 0.1) is 12.5 Å². The van der Waals surface area contributed by atoms with E-state index in [0.29, 0.717) is 6.42 Å². The van der Waals surface area contributed by atoms with E-state index < -0.39 is 17.2 Å². The van der Waals surface area contributed by atoms with Crippen LogP contribution < -0.4 is 10.5 Å². The van der Waals surface area contributed by atoms with E-state index in [9.17, 15) is 9.18 Å². The minimum atomic E-state index is -0.829. The number of esters is 1. The van der Waals surface area contributed by atoms with Crippen molar-refractivity contribution < 1.29 is 18.7 Å². The normalized spacial score (nSPS) is 12.9. The summed E-state index contributed by atoms with van der Waals surface area (Å²) in [7, 11) is 1.32. The van der Waals surface area contributed by atoms with Crippen LogP contribution in [0.3, 0.4) is 0 Å². The number of nitrogens with two attached hydrogens (primary N) is 1. The summed E-state index contributed by atoms with van der Waals surface area (Å²) in [6, 6.07) is 4.81. The second kappa shape index (κ2) is 7.41. The highest BCUT2D eigenvalue weighted by Gasteiger charge is 2.30. The molecule has 0 aromatic heterocycles. The van der Waals surface area contributed by atoms with Gasteiger partial charge in [-0.1, -0.05) is 13.0 Å². The van der Waals surface area contributed by atoms with Crippen molar-refractivity contribution in [2.45, 2.75) is 39.7 Å². The summed E-state index contributed by atoms with van der Waals surface area (Å²) in [6.45, 7) is 5.41. The number of hydrogen-bond acceptors (Lipinski definition) is 4. The number of hydrogen-bond donors (Lipinski definition) is 1. The molecule has 1 aromatic rings. The molecule has 118 valence electrons. The summed E-state index contributed by atoms with van der Waals surface area (Å²) in [6.07, 6.45) is 1.47. The van der Waals surface area contributed by atoms with Gasteiger partial charge in [0.15, 0.2) is 11.6 Å². The molecular formula is C16H24FNO3. The number of methoxy groups -OCH3 is 1. The lowest BCUT2D eigenvalue weighted by atomic mass is 9.95. The highest BCUT2D eigenvalue weighted by atomic mass is 19.1. The van der Waals surface area contributed by atoms with Crippen LogP contribution in [0.4, 0.5) is 4.39 Å². The molecule has 0 spiro atoms. The summed E-state index contributed by atoms with van der Waals surface area (Å²) in [5, 5.41) is 0. The summed E-state index contributed by atoms with van der Waals surface area (Å²) < 4.78 is 24.1. The van der Waals surface area contributed by atoms with Crippen LogP contribution in [0.25, 0.3) is 0 Å². The molecule has 0 saturated heterocycles. The zero-order valence-electron chi connectivity index (χ0n) is 13.1. The van der Waals surface area contributed by atoms with Gasteiger partial charge in [0, 0.05) is 6.04 Å². The summed E-state index contributed by atoms with van der Waals surface area (Å²) >= 11 is 0. The highest BCUT2D eigenvalue weighted by molar-refractivity contribution is 5.75. The van der Waals surface area contributed by atoms with Crippen LogP contribution >= 0.6 is 0 Å². The lowest BCUT2D eigenvalue weighted by Gasteiger charge is -2.22. The predicted octanol–water partition coefficient (Wildman–Crippen LogP) is 2.68. The van der Waals surface area contributed by atoms with Crippen molar-refractivity contribution in [2.24, 2.45) is 11.1 Å². The van der Waals surface area contributed by atoms with E-state index in [2.05, 4.69) is 4.74 Å². The Kier molecular flexibility index (Phi) is 6.15. The maximum atomic E-state index is 14.0. The summed E-state index contributed by atoms with van der Waals surface area (Å²) in [5.41, 5.74) is 5.86. The third-order valence-corrected chi connectivity index (χ3v) is 3.35. The molecular weight excluding hydrogens is 273 g/mol. The number of carbonyl (C=O) groups excluding carboxylic acids is 1. The monoisotopic (exact) mass is 297 g/mol. The van der Waals surface area contributed by atoms with Gasteiger partial charge >= 0.3 is 5.97 Å². The first-order valence-corrected chi connectivity index (χ1v) is 7.05. The Morgan fingerprint density at radius 1 is 1.43 bits per heavy atom. The van der Waals surface area contributed by atoms with Gasteiger partial charge in [0.1, 0.15) is 6.61 Å². The molecule has 1 rings (SSSR count). The Morgan fingerprint density at radius 3 is 2.62 bits per heavy atom. The molecule has 1 unspecified atom stereocenters. The standard InChI is InChI=1S/C16H24FNO3/c1-5-12(18)8-11-6-7-14(13(17)9-11)21-10-16(2,3)15(19)20-4/h6-7,9,12H,5,8,10,18H2,1-4H3. The van der Waals surface area contributed by atoms with Gasteiger partial charge in [-0.3, -0.25) is 4.79 Å². The average molecular weight is 297 g/mol. The molecule has 0 amide bonds. The lowest BCUT2D eigenvalue weighted by Crippen LogP contribution is -2.32. The van der Waals surface area contributed by atoms with Gasteiger partial charge in [-0.2, -0.15) is 0 Å². The maximum absolute atomic E-state index is 14.0. The van der Waals surface area contributed by atoms with Crippen molar-refractivity contribution in [3.63, 3.8) is 0 Å². The Morgan fingerprint density at radius 2 is 2.10 bits per heavy atom. The Bertz CT molecular complexity index is 488. The molecule has 0 heterocycles. The molecule has 0 fully saturated rings. The predicted molar refractivity (Wildman–Crippen MR) is 79.7 cm³/mol. The molecule has 0 bridgehead atoms. The van der Waals surface area contributed by atoms with Crippen LogP contribution in [0.15, 0.2) is 18.2 Å². The molecule has 2 N–H and O–H groups in total. The molecule has 1 atom stereocenters. The molecule has 0 saturated carbocycles. The second-order valence-corrected chi connectivity index (χ2v) is 5.80. The topological polar surface area (TPSA) is 61.5 Å². The van der Waals surface area contributed by atoms with Crippen molar-refractivity contribution in [1.29, 1.82) is 0 Å². The quantitative estimate of drug-likeness (QED) is 0.786. The molecule has 0 aliphatic carbocycles. The third-order valence-electron chi connectivity index (χ3n) is 3.35. The Hall–Kier alpha value is -1.62. The minimum absolute atomic E-state index is 0.0226. The first kappa shape index (κ1) is 17.4. The Labute approximate surface area is 125 Å². The summed E-state index contributed by atoms with van der Waals surface area (Å²) in [5.74, 6) is -0.717. The van der Waals surface area contributed by atoms with E-state index in [-0.39, 0.29) is 18.4 Å². The molecule has 0 radical (unpaired) electrons. The fourth-order valence-electron chi connectivity index (χ4n) is 1.83. The number of halogens is 1. The van der Waals surface area contributed by atoms with Crippen molar-refractivity contribution in [2.75, 3.05) is 13.7 Å². The molecule has 21 heavy (non-hydrogen) atoms. The lowest BCUT2D eigenvalue weighted by molar-refractivity contribution is -0.152. The van der Waals surface area contributed by atoms with E-state index in [1.165, 1.54) is 13.2 Å². The van der Waals surface area contributed by atoms with Crippen LogP contribution in [0.1, 0.15) is 32.8 Å². The van der Waals surface area contributed by atoms with Gasteiger partial charge in [-0.15, -0.1) is 0 Å². The second-order valence-electron chi connectivity index (χ2n) is 5.80. The fourth-order valence-corrected chi connectivity index (χ4v) is 1.83. The number of ether oxygens (including phenoxy) is 2. The van der Waals surface area contributed by atoms with Crippen molar-refractivity contribution >= 4 is 5.97 Å². The van der Waals surface area contributed by atoms with Gasteiger partial charge in [0.2, 0.25) is 0 Å². The van der Waals surface area contributed by atoms with E-state index in [1.807, 2.05) is 6.92 Å². The first-order chi connectivity index (χ1) is 9.80. The highest BCUT2D eigenvalue weighted by Crippen LogP contribution is 2.23. The summed E-state index contributed by atoms with van der Waals surface area (Å²) in [4.78, 5) is 11.5. The van der Waals surface area contributed by atoms with E-state index in [1.54, 1.807) is 26.0 Å². The van der Waals surface area contributed by atoms with Crippen LogP contribution in [0.5, 0.6) is 5.75 Å².